The minimum Gasteiger partial charge on any atom is -0.361 e. The fourth-order valence-electron chi connectivity index (χ4n) is 3.81. The zero-order chi connectivity index (χ0) is 15.9. The lowest BCUT2D eigenvalue weighted by atomic mass is 10.1. The molecule has 1 aromatic heterocycles. The van der Waals surface area contributed by atoms with Crippen LogP contribution in [0, 0.1) is 19.8 Å². The van der Waals surface area contributed by atoms with Crippen molar-refractivity contribution < 1.29 is 9.32 Å². The number of hydrogen-bond donors (Lipinski definition) is 0. The molecule has 2 saturated heterocycles. The van der Waals surface area contributed by atoms with Crippen molar-refractivity contribution in [3.05, 3.63) is 17.0 Å². The smallest absolute Gasteiger partial charge is 0.224 e. The number of hydrogen-bond acceptors (Lipinski definition) is 4. The van der Waals surface area contributed by atoms with E-state index in [1.807, 2.05) is 13.8 Å². The Bertz CT molecular complexity index is 533. The van der Waals surface area contributed by atoms with Gasteiger partial charge in [-0.15, -0.1) is 0 Å². The maximum atomic E-state index is 12.5. The van der Waals surface area contributed by atoms with Gasteiger partial charge in [0.05, 0.1) is 12.2 Å². The Morgan fingerprint density at radius 3 is 2.73 bits per heavy atom. The number of nitrogens with zero attached hydrogens (tertiary/aromatic N) is 3. The van der Waals surface area contributed by atoms with Crippen molar-refractivity contribution in [2.75, 3.05) is 13.1 Å². The molecule has 1 amide bonds. The highest BCUT2D eigenvalue weighted by Gasteiger charge is 2.46. The van der Waals surface area contributed by atoms with Crippen LogP contribution in [0.3, 0.4) is 0 Å². The summed E-state index contributed by atoms with van der Waals surface area (Å²) in [7, 11) is 0. The molecule has 3 heterocycles. The van der Waals surface area contributed by atoms with Gasteiger partial charge >= 0.3 is 0 Å². The van der Waals surface area contributed by atoms with E-state index in [1.54, 1.807) is 0 Å². The highest BCUT2D eigenvalue weighted by Crippen LogP contribution is 2.34. The second-order valence-corrected chi connectivity index (χ2v) is 7.17. The molecule has 2 aliphatic rings. The summed E-state index contributed by atoms with van der Waals surface area (Å²) in [6, 6.07) is 0.778. The predicted molar refractivity (Wildman–Crippen MR) is 84.4 cm³/mol. The van der Waals surface area contributed by atoms with Gasteiger partial charge < -0.3 is 9.42 Å². The van der Waals surface area contributed by atoms with Gasteiger partial charge in [0.15, 0.2) is 0 Å². The lowest BCUT2D eigenvalue weighted by molar-refractivity contribution is -0.129. The largest absolute Gasteiger partial charge is 0.361 e. The van der Waals surface area contributed by atoms with Gasteiger partial charge in [0.1, 0.15) is 5.76 Å². The molecule has 22 heavy (non-hydrogen) atoms. The summed E-state index contributed by atoms with van der Waals surface area (Å²) >= 11 is 0. The van der Waals surface area contributed by atoms with E-state index in [2.05, 4.69) is 28.8 Å². The van der Waals surface area contributed by atoms with E-state index in [4.69, 9.17) is 4.52 Å². The van der Waals surface area contributed by atoms with Crippen LogP contribution in [0.15, 0.2) is 4.52 Å². The number of aryl methyl sites for hydroxylation is 2. The summed E-state index contributed by atoms with van der Waals surface area (Å²) < 4.78 is 5.24. The van der Waals surface area contributed by atoms with E-state index in [0.29, 0.717) is 25.0 Å². The highest BCUT2D eigenvalue weighted by atomic mass is 16.5. The number of rotatable bonds is 5. The Kier molecular flexibility index (Phi) is 4.26. The Hall–Kier alpha value is -1.36. The molecule has 0 aliphatic carbocycles. The molecule has 122 valence electrons. The molecular formula is C17H27N3O2. The van der Waals surface area contributed by atoms with Crippen molar-refractivity contribution in [3.8, 4) is 0 Å². The van der Waals surface area contributed by atoms with Crippen molar-refractivity contribution >= 4 is 5.91 Å². The third-order valence-electron chi connectivity index (χ3n) is 5.23. The Labute approximate surface area is 132 Å². The Morgan fingerprint density at radius 2 is 2.09 bits per heavy atom. The first-order valence-electron chi connectivity index (χ1n) is 8.42. The molecule has 0 N–H and O–H groups in total. The Morgan fingerprint density at radius 1 is 1.32 bits per heavy atom. The van der Waals surface area contributed by atoms with Crippen LogP contribution in [0.25, 0.3) is 0 Å². The van der Waals surface area contributed by atoms with Crippen LogP contribution in [0.1, 0.15) is 50.1 Å². The highest BCUT2D eigenvalue weighted by molar-refractivity contribution is 5.80. The number of aromatic nitrogens is 1. The normalized spacial score (nSPS) is 25.5. The molecule has 5 heteroatoms. The van der Waals surface area contributed by atoms with E-state index in [-0.39, 0.29) is 5.91 Å². The fourth-order valence-corrected chi connectivity index (χ4v) is 3.81. The minimum absolute atomic E-state index is 0.282. The van der Waals surface area contributed by atoms with E-state index >= 15 is 0 Å². The summed E-state index contributed by atoms with van der Waals surface area (Å²) in [6.07, 6.45) is 2.98. The monoisotopic (exact) mass is 305 g/mol. The van der Waals surface area contributed by atoms with Gasteiger partial charge in [-0.05, 0) is 39.2 Å². The average molecular weight is 305 g/mol. The van der Waals surface area contributed by atoms with Gasteiger partial charge in [-0.3, -0.25) is 9.69 Å². The zero-order valence-electron chi connectivity index (χ0n) is 14.1. The number of likely N-dealkylation sites (tertiary alicyclic amines) is 2. The lowest BCUT2D eigenvalue weighted by Gasteiger charge is -2.25. The van der Waals surface area contributed by atoms with Gasteiger partial charge in [-0.2, -0.15) is 0 Å². The van der Waals surface area contributed by atoms with E-state index in [1.165, 1.54) is 6.42 Å². The van der Waals surface area contributed by atoms with Crippen molar-refractivity contribution in [2.45, 2.75) is 65.6 Å². The van der Waals surface area contributed by atoms with E-state index < -0.39 is 0 Å². The van der Waals surface area contributed by atoms with Crippen LogP contribution >= 0.6 is 0 Å². The van der Waals surface area contributed by atoms with Crippen LogP contribution in [0.4, 0.5) is 0 Å². The van der Waals surface area contributed by atoms with Gasteiger partial charge in [0, 0.05) is 30.6 Å². The van der Waals surface area contributed by atoms with E-state index in [9.17, 15) is 4.79 Å². The van der Waals surface area contributed by atoms with Crippen molar-refractivity contribution in [1.82, 2.24) is 15.0 Å². The lowest BCUT2D eigenvalue weighted by Crippen LogP contribution is -2.37. The topological polar surface area (TPSA) is 49.6 Å². The fraction of sp³-hybridized carbons (Fsp3) is 0.765. The number of amides is 1. The molecule has 2 fully saturated rings. The molecule has 5 nitrogen and oxygen atoms in total. The van der Waals surface area contributed by atoms with Crippen LogP contribution in [-0.4, -0.2) is 46.0 Å². The summed E-state index contributed by atoms with van der Waals surface area (Å²) in [5.74, 6) is 1.84. The third kappa shape index (κ3) is 2.78. The third-order valence-corrected chi connectivity index (χ3v) is 5.23. The van der Waals surface area contributed by atoms with Crippen LogP contribution in [-0.2, 0) is 11.3 Å². The zero-order valence-corrected chi connectivity index (χ0v) is 14.1. The van der Waals surface area contributed by atoms with Gasteiger partial charge in [0.2, 0.25) is 5.91 Å². The molecule has 3 rings (SSSR count). The molecule has 0 unspecified atom stereocenters. The van der Waals surface area contributed by atoms with Crippen LogP contribution in [0.2, 0.25) is 0 Å². The van der Waals surface area contributed by atoms with Crippen LogP contribution in [0.5, 0.6) is 0 Å². The molecule has 0 radical (unpaired) electrons. The number of fused-ring (bicyclic) bond motifs is 1. The molecule has 1 aromatic rings. The van der Waals surface area contributed by atoms with Crippen molar-refractivity contribution in [1.29, 1.82) is 0 Å². The standard InChI is InChI=1S/C17H27N3O2/c1-11(2)5-7-19-8-6-15-16(19)9-17(21)20(15)10-14-12(3)18-22-13(14)4/h11,15-16H,5-10H2,1-4H3/t15-,16-/m0/s1. The number of carbonyl (C=O) groups is 1. The van der Waals surface area contributed by atoms with Gasteiger partial charge in [0.25, 0.3) is 0 Å². The van der Waals surface area contributed by atoms with E-state index in [0.717, 1.165) is 42.4 Å². The van der Waals surface area contributed by atoms with Crippen LogP contribution < -0.4 is 0 Å². The Balaban J connectivity index is 1.69. The first-order chi connectivity index (χ1) is 10.5. The maximum Gasteiger partial charge on any atom is 0.224 e. The molecule has 2 atom stereocenters. The molecule has 0 bridgehead atoms. The summed E-state index contributed by atoms with van der Waals surface area (Å²) in [5.41, 5.74) is 1.98. The van der Waals surface area contributed by atoms with Gasteiger partial charge in [-0.25, -0.2) is 0 Å². The summed E-state index contributed by atoms with van der Waals surface area (Å²) in [5, 5.41) is 4.01. The SMILES string of the molecule is Cc1noc(C)c1CN1C(=O)C[C@H]2[C@@H]1CCN2CCC(C)C. The quantitative estimate of drug-likeness (QED) is 0.839. The first-order valence-corrected chi connectivity index (χ1v) is 8.42. The predicted octanol–water partition coefficient (Wildman–Crippen LogP) is 2.51. The molecule has 0 saturated carbocycles. The van der Waals surface area contributed by atoms with Crippen molar-refractivity contribution in [3.63, 3.8) is 0 Å². The molecule has 0 spiro atoms. The second-order valence-electron chi connectivity index (χ2n) is 7.17. The van der Waals surface area contributed by atoms with Crippen molar-refractivity contribution in [2.24, 2.45) is 5.92 Å². The molecular weight excluding hydrogens is 278 g/mol. The maximum absolute atomic E-state index is 12.5. The molecule has 0 aromatic carbocycles. The average Bonchev–Trinajstić information content (AvgIpc) is 3.08. The summed E-state index contributed by atoms with van der Waals surface area (Å²) in [4.78, 5) is 17.1. The number of carbonyl (C=O) groups excluding carboxylic acids is 1. The minimum atomic E-state index is 0.282. The second kappa shape index (κ2) is 6.03. The first kappa shape index (κ1) is 15.5. The molecule has 2 aliphatic heterocycles. The summed E-state index contributed by atoms with van der Waals surface area (Å²) in [6.45, 7) is 11.3. The van der Waals surface area contributed by atoms with Gasteiger partial charge in [-0.1, -0.05) is 19.0 Å².